The number of nitrogens with one attached hydrogen (secondary N) is 2. The molecule has 1 rings (SSSR count). The smallest absolute Gasteiger partial charge is 0.322 e. The van der Waals surface area contributed by atoms with Crippen LogP contribution >= 0.6 is 0 Å². The molecule has 0 aromatic rings. The number of hydrogen-bond donors (Lipinski definition) is 2. The fourth-order valence-corrected chi connectivity index (χ4v) is 2.99. The third-order valence-electron chi connectivity index (χ3n) is 2.63. The average molecular weight is 250 g/mol. The zero-order valence-corrected chi connectivity index (χ0v) is 10.3. The molecule has 0 spiro atoms. The van der Waals surface area contributed by atoms with Gasteiger partial charge in [0.2, 0.25) is 10.0 Å². The highest BCUT2D eigenvalue weighted by molar-refractivity contribution is 7.90. The van der Waals surface area contributed by atoms with Gasteiger partial charge in [0.1, 0.15) is 0 Å². The van der Waals surface area contributed by atoms with Gasteiger partial charge in [-0.3, -0.25) is 4.79 Å². The van der Waals surface area contributed by atoms with Crippen molar-refractivity contribution < 1.29 is 17.9 Å². The van der Waals surface area contributed by atoms with Gasteiger partial charge in [-0.1, -0.05) is 0 Å². The van der Waals surface area contributed by atoms with E-state index in [-0.39, 0.29) is 12.1 Å². The monoisotopic (exact) mass is 250 g/mol. The molecular weight excluding hydrogens is 232 g/mol. The summed E-state index contributed by atoms with van der Waals surface area (Å²) in [6, 6.07) is -0.0652. The second-order valence-corrected chi connectivity index (χ2v) is 5.70. The van der Waals surface area contributed by atoms with E-state index in [0.717, 1.165) is 19.4 Å². The Labute approximate surface area is 95.8 Å². The molecule has 0 aromatic heterocycles. The van der Waals surface area contributed by atoms with E-state index in [0.29, 0.717) is 0 Å². The Morgan fingerprint density at radius 1 is 1.56 bits per heavy atom. The lowest BCUT2D eigenvalue weighted by Crippen LogP contribution is -2.52. The molecule has 0 saturated carbocycles. The van der Waals surface area contributed by atoms with Gasteiger partial charge >= 0.3 is 5.97 Å². The van der Waals surface area contributed by atoms with Gasteiger partial charge in [-0.05, 0) is 26.3 Å². The van der Waals surface area contributed by atoms with Gasteiger partial charge in [0.05, 0.1) is 7.11 Å². The van der Waals surface area contributed by atoms with Gasteiger partial charge in [-0.2, -0.15) is 0 Å². The van der Waals surface area contributed by atoms with Crippen molar-refractivity contribution in [3.63, 3.8) is 0 Å². The molecule has 0 radical (unpaired) electrons. The third kappa shape index (κ3) is 4.07. The van der Waals surface area contributed by atoms with Crippen LogP contribution in [0.25, 0.3) is 0 Å². The number of piperidine rings is 1. The second kappa shape index (κ2) is 5.60. The summed E-state index contributed by atoms with van der Waals surface area (Å²) < 4.78 is 30.0. The van der Waals surface area contributed by atoms with Crippen molar-refractivity contribution in [2.75, 3.05) is 19.4 Å². The maximum atomic E-state index is 11.6. The molecule has 0 aromatic carbocycles. The predicted molar refractivity (Wildman–Crippen MR) is 59.4 cm³/mol. The van der Waals surface area contributed by atoms with Crippen LogP contribution in [-0.4, -0.2) is 45.9 Å². The van der Waals surface area contributed by atoms with E-state index >= 15 is 0 Å². The first-order chi connectivity index (χ1) is 7.44. The van der Waals surface area contributed by atoms with E-state index in [1.807, 2.05) is 6.92 Å². The van der Waals surface area contributed by atoms with Crippen LogP contribution in [0.5, 0.6) is 0 Å². The van der Waals surface area contributed by atoms with Crippen molar-refractivity contribution in [3.05, 3.63) is 0 Å². The van der Waals surface area contributed by atoms with Crippen LogP contribution in [0.1, 0.15) is 19.8 Å². The Bertz CT molecular complexity index is 341. The number of esters is 1. The predicted octanol–water partition coefficient (Wildman–Crippen LogP) is -0.781. The van der Waals surface area contributed by atoms with Crippen LogP contribution < -0.4 is 10.0 Å². The molecule has 2 atom stereocenters. The largest absolute Gasteiger partial charge is 0.468 e. The van der Waals surface area contributed by atoms with Crippen LogP contribution in [0.4, 0.5) is 0 Å². The second-order valence-electron chi connectivity index (χ2n) is 3.94. The van der Waals surface area contributed by atoms with Crippen LogP contribution in [0.2, 0.25) is 0 Å². The van der Waals surface area contributed by atoms with Crippen LogP contribution in [0.15, 0.2) is 0 Å². The highest BCUT2D eigenvalue weighted by atomic mass is 32.2. The molecule has 0 aliphatic carbocycles. The number of carbonyl (C=O) groups excluding carboxylic acids is 1. The van der Waals surface area contributed by atoms with Crippen molar-refractivity contribution in [3.8, 4) is 0 Å². The third-order valence-corrected chi connectivity index (χ3v) is 3.91. The van der Waals surface area contributed by atoms with E-state index in [1.54, 1.807) is 0 Å². The van der Waals surface area contributed by atoms with Gasteiger partial charge < -0.3 is 10.1 Å². The highest BCUT2D eigenvalue weighted by Crippen LogP contribution is 2.09. The summed E-state index contributed by atoms with van der Waals surface area (Å²) in [5.74, 6) is -1.36. The first-order valence-electron chi connectivity index (χ1n) is 5.25. The summed E-state index contributed by atoms with van der Waals surface area (Å²) in [6.45, 7) is 2.82. The molecule has 6 nitrogen and oxygen atoms in total. The topological polar surface area (TPSA) is 84.5 Å². The molecule has 7 heteroatoms. The fraction of sp³-hybridized carbons (Fsp3) is 0.889. The molecule has 1 aliphatic heterocycles. The van der Waals surface area contributed by atoms with Crippen molar-refractivity contribution in [1.82, 2.24) is 10.0 Å². The number of ether oxygens (including phenoxy) is 1. The summed E-state index contributed by atoms with van der Waals surface area (Å²) in [7, 11) is -2.42. The molecule has 1 fully saturated rings. The van der Waals surface area contributed by atoms with Gasteiger partial charge in [0.25, 0.3) is 0 Å². The lowest BCUT2D eigenvalue weighted by atomic mass is 10.0. The molecule has 1 aliphatic rings. The summed E-state index contributed by atoms with van der Waals surface area (Å²) in [5, 5.41) is 3.18. The normalized spacial score (nSPS) is 26.4. The summed E-state index contributed by atoms with van der Waals surface area (Å²) in [4.78, 5) is 10.9. The van der Waals surface area contributed by atoms with Crippen molar-refractivity contribution in [2.24, 2.45) is 0 Å². The van der Waals surface area contributed by atoms with E-state index in [4.69, 9.17) is 0 Å². The maximum absolute atomic E-state index is 11.6. The summed E-state index contributed by atoms with van der Waals surface area (Å²) in [5.41, 5.74) is 0. The molecule has 16 heavy (non-hydrogen) atoms. The number of carbonyl (C=O) groups is 1. The van der Waals surface area contributed by atoms with Gasteiger partial charge in [-0.15, -0.1) is 0 Å². The zero-order valence-electron chi connectivity index (χ0n) is 9.52. The Morgan fingerprint density at radius 3 is 2.81 bits per heavy atom. The Morgan fingerprint density at radius 2 is 2.25 bits per heavy atom. The molecule has 0 bridgehead atoms. The molecular formula is C9H18N2O4S. The number of methoxy groups -OCH3 is 1. The maximum Gasteiger partial charge on any atom is 0.322 e. The highest BCUT2D eigenvalue weighted by Gasteiger charge is 2.27. The lowest BCUT2D eigenvalue weighted by molar-refractivity contribution is -0.137. The van der Waals surface area contributed by atoms with E-state index < -0.39 is 21.7 Å². The standard InChI is InChI=1S/C9H18N2O4S/c1-7-8(4-3-5-10-7)11-16(13,14)6-9(12)15-2/h7-8,10-11H,3-6H2,1-2H3. The Balaban J connectivity index is 2.54. The zero-order chi connectivity index (χ0) is 12.2. The first kappa shape index (κ1) is 13.4. The fourth-order valence-electron chi connectivity index (χ4n) is 1.69. The van der Waals surface area contributed by atoms with Crippen molar-refractivity contribution >= 4 is 16.0 Å². The number of rotatable bonds is 4. The van der Waals surface area contributed by atoms with Crippen LogP contribution in [-0.2, 0) is 19.6 Å². The molecule has 2 N–H and O–H groups in total. The molecule has 1 saturated heterocycles. The van der Waals surface area contributed by atoms with Crippen LogP contribution in [0.3, 0.4) is 0 Å². The number of sulfonamides is 1. The first-order valence-corrected chi connectivity index (χ1v) is 6.90. The minimum Gasteiger partial charge on any atom is -0.468 e. The lowest BCUT2D eigenvalue weighted by Gasteiger charge is -2.30. The van der Waals surface area contributed by atoms with E-state index in [2.05, 4.69) is 14.8 Å². The van der Waals surface area contributed by atoms with Crippen molar-refractivity contribution in [2.45, 2.75) is 31.8 Å². The molecule has 2 unspecified atom stereocenters. The SMILES string of the molecule is COC(=O)CS(=O)(=O)NC1CCCNC1C. The minimum absolute atomic E-state index is 0.0844. The quantitative estimate of drug-likeness (QED) is 0.639. The Kier molecular flexibility index (Phi) is 4.69. The Hall–Kier alpha value is -0.660. The van der Waals surface area contributed by atoms with Crippen molar-refractivity contribution in [1.29, 1.82) is 0 Å². The number of hydrogen-bond acceptors (Lipinski definition) is 5. The van der Waals surface area contributed by atoms with Gasteiger partial charge in [-0.25, -0.2) is 13.1 Å². The molecule has 0 amide bonds. The van der Waals surface area contributed by atoms with Gasteiger partial charge in [0.15, 0.2) is 5.75 Å². The summed E-state index contributed by atoms with van der Waals surface area (Å²) >= 11 is 0. The van der Waals surface area contributed by atoms with E-state index in [9.17, 15) is 13.2 Å². The molecule has 1 heterocycles. The van der Waals surface area contributed by atoms with Crippen LogP contribution in [0, 0.1) is 0 Å². The average Bonchev–Trinajstić information content (AvgIpc) is 2.20. The van der Waals surface area contributed by atoms with Gasteiger partial charge in [0, 0.05) is 12.1 Å². The molecule has 94 valence electrons. The minimum atomic E-state index is -3.59. The van der Waals surface area contributed by atoms with E-state index in [1.165, 1.54) is 7.11 Å². The summed E-state index contributed by atoms with van der Waals surface area (Å²) in [6.07, 6.45) is 1.71.